The molecule has 1 saturated heterocycles. The smallest absolute Gasteiger partial charge is 0.198 e. The van der Waals surface area contributed by atoms with Gasteiger partial charge in [0.15, 0.2) is 11.5 Å². The summed E-state index contributed by atoms with van der Waals surface area (Å²) in [4.78, 5) is 17.7. The van der Waals surface area contributed by atoms with E-state index in [1.165, 1.54) is 11.6 Å². The predicted octanol–water partition coefficient (Wildman–Crippen LogP) is 6.28. The molecule has 0 N–H and O–H groups in total. The average molecular weight is 429 g/mol. The van der Waals surface area contributed by atoms with E-state index in [9.17, 15) is 9.30 Å². The molecule has 0 unspecified atom stereocenters. The maximum Gasteiger partial charge on any atom is 0.198 e. The molecule has 2 heterocycles. The van der Waals surface area contributed by atoms with Crippen LogP contribution in [-0.4, -0.2) is 23.0 Å². The topological polar surface area (TPSA) is 58.7 Å². The van der Waals surface area contributed by atoms with E-state index < -0.39 is 5.82 Å². The summed E-state index contributed by atoms with van der Waals surface area (Å²) in [5, 5.41) is 2.77. The molecule has 6 heteroatoms. The number of piperidine rings is 1. The number of benzene rings is 3. The van der Waals surface area contributed by atoms with Crippen molar-refractivity contribution in [2.45, 2.75) is 31.8 Å². The Labute approximate surface area is 185 Å². The van der Waals surface area contributed by atoms with E-state index in [0.717, 1.165) is 60.6 Å². The number of nitrogens with zero attached hydrogens (tertiary/aromatic N) is 3. The lowest BCUT2D eigenvalue weighted by Crippen LogP contribution is -2.32. The SMILES string of the molecule is O=NCc1ccc(-c2ccc3oc(C4CCN(Cc5ccccc5)CC4)nc3c2)cc1F. The van der Waals surface area contributed by atoms with E-state index in [0.29, 0.717) is 11.5 Å². The molecule has 0 atom stereocenters. The van der Waals surface area contributed by atoms with Gasteiger partial charge in [0.25, 0.3) is 0 Å². The zero-order valence-corrected chi connectivity index (χ0v) is 17.7. The van der Waals surface area contributed by atoms with Crippen molar-refractivity contribution in [1.82, 2.24) is 9.88 Å². The third-order valence-electron chi connectivity index (χ3n) is 6.21. The summed E-state index contributed by atoms with van der Waals surface area (Å²) in [5.74, 6) is 0.672. The molecule has 0 bridgehead atoms. The van der Waals surface area contributed by atoms with E-state index in [1.54, 1.807) is 12.1 Å². The molecule has 0 saturated carbocycles. The Balaban J connectivity index is 1.29. The molecule has 0 amide bonds. The van der Waals surface area contributed by atoms with Crippen molar-refractivity contribution in [2.24, 2.45) is 5.18 Å². The summed E-state index contributed by atoms with van der Waals surface area (Å²) in [7, 11) is 0. The van der Waals surface area contributed by atoms with E-state index in [1.807, 2.05) is 24.3 Å². The number of aromatic nitrogens is 1. The van der Waals surface area contributed by atoms with E-state index in [4.69, 9.17) is 9.40 Å². The quantitative estimate of drug-likeness (QED) is 0.339. The molecular weight excluding hydrogens is 405 g/mol. The average Bonchev–Trinajstić information content (AvgIpc) is 3.25. The molecule has 1 aromatic heterocycles. The van der Waals surface area contributed by atoms with Crippen LogP contribution in [-0.2, 0) is 13.1 Å². The Bertz CT molecular complexity index is 1230. The first-order chi connectivity index (χ1) is 15.7. The third kappa shape index (κ3) is 4.32. The highest BCUT2D eigenvalue weighted by Crippen LogP contribution is 2.32. The molecule has 1 fully saturated rings. The van der Waals surface area contributed by atoms with Gasteiger partial charge in [-0.3, -0.25) is 4.90 Å². The maximum absolute atomic E-state index is 14.2. The molecule has 0 aliphatic carbocycles. The van der Waals surface area contributed by atoms with Crippen molar-refractivity contribution in [1.29, 1.82) is 0 Å². The molecule has 0 radical (unpaired) electrons. The minimum Gasteiger partial charge on any atom is -0.440 e. The van der Waals surface area contributed by atoms with Gasteiger partial charge >= 0.3 is 0 Å². The van der Waals surface area contributed by atoms with Crippen molar-refractivity contribution >= 4 is 11.1 Å². The predicted molar refractivity (Wildman–Crippen MR) is 123 cm³/mol. The van der Waals surface area contributed by atoms with Gasteiger partial charge in [0.2, 0.25) is 0 Å². The third-order valence-corrected chi connectivity index (χ3v) is 6.21. The second kappa shape index (κ2) is 9.01. The number of rotatable bonds is 6. The van der Waals surface area contributed by atoms with Crippen LogP contribution in [0, 0.1) is 10.7 Å². The van der Waals surface area contributed by atoms with Gasteiger partial charge in [-0.25, -0.2) is 9.37 Å². The van der Waals surface area contributed by atoms with Crippen molar-refractivity contribution in [2.75, 3.05) is 13.1 Å². The summed E-state index contributed by atoms with van der Waals surface area (Å²) < 4.78 is 20.3. The largest absolute Gasteiger partial charge is 0.440 e. The monoisotopic (exact) mass is 429 g/mol. The van der Waals surface area contributed by atoms with Crippen LogP contribution in [0.15, 0.2) is 76.3 Å². The molecule has 162 valence electrons. The fourth-order valence-electron chi connectivity index (χ4n) is 4.40. The summed E-state index contributed by atoms with van der Waals surface area (Å²) in [5.41, 5.74) is 4.76. The highest BCUT2D eigenvalue weighted by Gasteiger charge is 2.24. The fourth-order valence-corrected chi connectivity index (χ4v) is 4.40. The lowest BCUT2D eigenvalue weighted by molar-refractivity contribution is 0.194. The number of oxazole rings is 1. The van der Waals surface area contributed by atoms with Gasteiger partial charge in [-0.2, -0.15) is 4.91 Å². The van der Waals surface area contributed by atoms with E-state index in [-0.39, 0.29) is 6.54 Å². The van der Waals surface area contributed by atoms with Crippen molar-refractivity contribution in [3.05, 3.63) is 94.5 Å². The minimum atomic E-state index is -0.426. The Hall–Kier alpha value is -3.38. The van der Waals surface area contributed by atoms with E-state index >= 15 is 0 Å². The second-order valence-electron chi connectivity index (χ2n) is 8.36. The summed E-state index contributed by atoms with van der Waals surface area (Å²) >= 11 is 0. The maximum atomic E-state index is 14.2. The van der Waals surface area contributed by atoms with Crippen LogP contribution >= 0.6 is 0 Å². The Morgan fingerprint density at radius 2 is 1.75 bits per heavy atom. The molecule has 0 spiro atoms. The molecule has 5 nitrogen and oxygen atoms in total. The second-order valence-corrected chi connectivity index (χ2v) is 8.36. The minimum absolute atomic E-state index is 0.165. The number of nitroso groups, excluding NO2 is 1. The highest BCUT2D eigenvalue weighted by molar-refractivity contribution is 5.80. The van der Waals surface area contributed by atoms with Crippen LogP contribution < -0.4 is 0 Å². The van der Waals surface area contributed by atoms with Crippen LogP contribution in [0.1, 0.15) is 35.8 Å². The Morgan fingerprint density at radius 1 is 1.00 bits per heavy atom. The first-order valence-corrected chi connectivity index (χ1v) is 10.9. The summed E-state index contributed by atoms with van der Waals surface area (Å²) in [6, 6.07) is 21.1. The zero-order chi connectivity index (χ0) is 21.9. The first kappa shape index (κ1) is 20.5. The summed E-state index contributed by atoms with van der Waals surface area (Å²) in [6.45, 7) is 2.85. The van der Waals surface area contributed by atoms with Gasteiger partial charge in [-0.1, -0.05) is 53.7 Å². The van der Waals surface area contributed by atoms with Gasteiger partial charge in [-0.15, -0.1) is 0 Å². The van der Waals surface area contributed by atoms with Gasteiger partial charge in [-0.05, 0) is 60.8 Å². The molecule has 1 aliphatic heterocycles. The molecule has 4 aromatic rings. The van der Waals surface area contributed by atoms with Crippen LogP contribution in [0.4, 0.5) is 4.39 Å². The first-order valence-electron chi connectivity index (χ1n) is 10.9. The lowest BCUT2D eigenvalue weighted by atomic mass is 9.96. The number of fused-ring (bicyclic) bond motifs is 1. The van der Waals surface area contributed by atoms with Crippen molar-refractivity contribution < 1.29 is 8.81 Å². The number of halogens is 1. The van der Waals surface area contributed by atoms with Crippen LogP contribution in [0.25, 0.3) is 22.2 Å². The standard InChI is InChI=1S/C26H24FN3O2/c27-23-14-20(6-7-22(23)16-28-31)21-8-9-25-24(15-21)29-26(32-25)19-10-12-30(13-11-19)17-18-4-2-1-3-5-18/h1-9,14-15,19H,10-13,16-17H2. The van der Waals surface area contributed by atoms with Gasteiger partial charge in [0.1, 0.15) is 17.9 Å². The Morgan fingerprint density at radius 3 is 2.50 bits per heavy atom. The van der Waals surface area contributed by atoms with Gasteiger partial charge in [0.05, 0.1) is 0 Å². The van der Waals surface area contributed by atoms with Gasteiger partial charge in [0, 0.05) is 18.0 Å². The van der Waals surface area contributed by atoms with Gasteiger partial charge < -0.3 is 4.42 Å². The molecule has 1 aliphatic rings. The number of hydrogen-bond donors (Lipinski definition) is 0. The van der Waals surface area contributed by atoms with Crippen molar-refractivity contribution in [3.63, 3.8) is 0 Å². The zero-order valence-electron chi connectivity index (χ0n) is 17.7. The van der Waals surface area contributed by atoms with Crippen molar-refractivity contribution in [3.8, 4) is 11.1 Å². The molecular formula is C26H24FN3O2. The normalized spacial score (nSPS) is 15.3. The highest BCUT2D eigenvalue weighted by atomic mass is 19.1. The molecule has 5 rings (SSSR count). The van der Waals surface area contributed by atoms with Crippen LogP contribution in [0.2, 0.25) is 0 Å². The van der Waals surface area contributed by atoms with E-state index in [2.05, 4.69) is 34.3 Å². The number of likely N-dealkylation sites (tertiary alicyclic amines) is 1. The number of hydrogen-bond acceptors (Lipinski definition) is 5. The molecule has 3 aromatic carbocycles. The van der Waals surface area contributed by atoms with Crippen LogP contribution in [0.5, 0.6) is 0 Å². The van der Waals surface area contributed by atoms with Crippen LogP contribution in [0.3, 0.4) is 0 Å². The molecule has 32 heavy (non-hydrogen) atoms. The Kier molecular flexibility index (Phi) is 5.77. The lowest BCUT2D eigenvalue weighted by Gasteiger charge is -2.30. The summed E-state index contributed by atoms with van der Waals surface area (Å²) in [6.07, 6.45) is 2.04. The fraction of sp³-hybridized carbons (Fsp3) is 0.269.